The van der Waals surface area contributed by atoms with E-state index in [1.165, 1.54) is 38.5 Å². The fraction of sp³-hybridized carbons (Fsp3) is 0.864. The van der Waals surface area contributed by atoms with Crippen molar-refractivity contribution in [3.8, 4) is 0 Å². The van der Waals surface area contributed by atoms with Crippen LogP contribution in [0.3, 0.4) is 0 Å². The van der Waals surface area contributed by atoms with Gasteiger partial charge in [0.1, 0.15) is 0 Å². The van der Waals surface area contributed by atoms with Crippen molar-refractivity contribution < 1.29 is 9.32 Å². The number of unbranched alkanes of at least 4 members (excludes halogenated alkanes) is 1. The minimum Gasteiger partial charge on any atom is -0.339 e. The van der Waals surface area contributed by atoms with Crippen LogP contribution in [0.5, 0.6) is 0 Å². The van der Waals surface area contributed by atoms with Crippen LogP contribution in [0.1, 0.15) is 82.8 Å². The Hall–Kier alpha value is -1.14. The highest BCUT2D eigenvalue weighted by Crippen LogP contribution is 2.36. The summed E-state index contributed by atoms with van der Waals surface area (Å²) in [5, 5.41) is 4.11. The first-order valence-corrected chi connectivity index (χ1v) is 11.6. The molecule has 0 radical (unpaired) electrons. The van der Waals surface area contributed by atoms with Crippen molar-refractivity contribution in [2.45, 2.75) is 90.1 Å². The van der Waals surface area contributed by atoms with Crippen LogP contribution >= 0.6 is 12.4 Å². The molecular weight excluding hydrogens is 388 g/mol. The van der Waals surface area contributed by atoms with Crippen LogP contribution in [0.4, 0.5) is 0 Å². The number of amides is 1. The molecule has 4 rings (SSSR count). The zero-order valence-electron chi connectivity index (χ0n) is 17.9. The number of aromatic nitrogens is 2. The molecule has 1 aliphatic carbocycles. The number of halogens is 1. The first kappa shape index (κ1) is 22.5. The van der Waals surface area contributed by atoms with Gasteiger partial charge in [-0.3, -0.25) is 9.69 Å². The molecule has 0 aromatic carbocycles. The van der Waals surface area contributed by atoms with Crippen LogP contribution in [0.2, 0.25) is 0 Å². The summed E-state index contributed by atoms with van der Waals surface area (Å²) in [6, 6.07) is 0.474. The number of piperidine rings is 1. The van der Waals surface area contributed by atoms with E-state index in [2.05, 4.69) is 26.9 Å². The van der Waals surface area contributed by atoms with Crippen LogP contribution in [-0.4, -0.2) is 51.5 Å². The highest BCUT2D eigenvalue weighted by molar-refractivity contribution is 5.85. The lowest BCUT2D eigenvalue weighted by Gasteiger charge is -2.40. The summed E-state index contributed by atoms with van der Waals surface area (Å²) in [6.07, 6.45) is 12.7. The fourth-order valence-corrected chi connectivity index (χ4v) is 4.94. The lowest BCUT2D eigenvalue weighted by Crippen LogP contribution is -2.48. The molecule has 0 bridgehead atoms. The molecule has 3 fully saturated rings. The van der Waals surface area contributed by atoms with Gasteiger partial charge in [-0.2, -0.15) is 4.98 Å². The van der Waals surface area contributed by atoms with E-state index < -0.39 is 0 Å². The summed E-state index contributed by atoms with van der Waals surface area (Å²) in [6.45, 7) is 6.07. The smallest absolute Gasteiger partial charge is 0.240 e. The quantitative estimate of drug-likeness (QED) is 0.655. The molecule has 0 spiro atoms. The lowest BCUT2D eigenvalue weighted by molar-refractivity contribution is -0.136. The van der Waals surface area contributed by atoms with Crippen molar-refractivity contribution in [1.82, 2.24) is 19.9 Å². The van der Waals surface area contributed by atoms with E-state index >= 15 is 0 Å². The molecule has 1 aromatic rings. The molecule has 1 saturated carbocycles. The highest BCUT2D eigenvalue weighted by Gasteiger charge is 2.39. The number of hydrogen-bond acceptors (Lipinski definition) is 5. The molecule has 29 heavy (non-hydrogen) atoms. The lowest BCUT2D eigenvalue weighted by atomic mass is 9.86. The average Bonchev–Trinajstić information content (AvgIpc) is 3.51. The zero-order chi connectivity index (χ0) is 19.3. The summed E-state index contributed by atoms with van der Waals surface area (Å²) in [7, 11) is 0. The van der Waals surface area contributed by atoms with Gasteiger partial charge in [-0.15, -0.1) is 12.4 Å². The summed E-state index contributed by atoms with van der Waals surface area (Å²) < 4.78 is 5.45. The van der Waals surface area contributed by atoms with Crippen LogP contribution < -0.4 is 0 Å². The first-order chi connectivity index (χ1) is 13.7. The van der Waals surface area contributed by atoms with Crippen molar-refractivity contribution in [1.29, 1.82) is 0 Å². The summed E-state index contributed by atoms with van der Waals surface area (Å²) in [5.41, 5.74) is 0. The highest BCUT2D eigenvalue weighted by atomic mass is 35.5. The zero-order valence-corrected chi connectivity index (χ0v) is 18.7. The van der Waals surface area contributed by atoms with Gasteiger partial charge in [0.15, 0.2) is 5.82 Å². The Kier molecular flexibility index (Phi) is 8.36. The standard InChI is InChI=1S/C22H36N4O2.ClH/c1-2-3-8-20-23-21(28-24-20)16-25-14-11-17(12-15-25)19-7-5-4-6-13-26(19)22(27)18-9-10-18;/h17-19H,2-16H2,1H3;1H. The minimum absolute atomic E-state index is 0. The topological polar surface area (TPSA) is 62.5 Å². The van der Waals surface area contributed by atoms with Crippen LogP contribution in [0, 0.1) is 11.8 Å². The van der Waals surface area contributed by atoms with Gasteiger partial charge in [0.25, 0.3) is 0 Å². The average molecular weight is 425 g/mol. The molecule has 3 aliphatic rings. The second-order valence-corrected chi connectivity index (χ2v) is 9.04. The van der Waals surface area contributed by atoms with Crippen molar-refractivity contribution in [3.05, 3.63) is 11.7 Å². The van der Waals surface area contributed by atoms with E-state index in [0.717, 1.165) is 70.0 Å². The second-order valence-electron chi connectivity index (χ2n) is 9.04. The van der Waals surface area contributed by atoms with Gasteiger partial charge in [0.2, 0.25) is 11.8 Å². The largest absolute Gasteiger partial charge is 0.339 e. The number of hydrogen-bond donors (Lipinski definition) is 0. The van der Waals surface area contributed by atoms with E-state index in [0.29, 0.717) is 23.8 Å². The van der Waals surface area contributed by atoms with Crippen molar-refractivity contribution in [2.75, 3.05) is 19.6 Å². The third-order valence-electron chi connectivity index (χ3n) is 6.81. The molecule has 3 heterocycles. The van der Waals surface area contributed by atoms with Gasteiger partial charge in [0.05, 0.1) is 6.54 Å². The van der Waals surface area contributed by atoms with Gasteiger partial charge in [-0.25, -0.2) is 0 Å². The fourth-order valence-electron chi connectivity index (χ4n) is 4.94. The Bertz CT molecular complexity index is 641. The van der Waals surface area contributed by atoms with E-state index in [1.54, 1.807) is 0 Å². The first-order valence-electron chi connectivity index (χ1n) is 11.6. The third kappa shape index (κ3) is 5.94. The van der Waals surface area contributed by atoms with Crippen LogP contribution in [-0.2, 0) is 17.8 Å². The maximum absolute atomic E-state index is 12.8. The van der Waals surface area contributed by atoms with Gasteiger partial charge < -0.3 is 9.42 Å². The summed E-state index contributed by atoms with van der Waals surface area (Å²) >= 11 is 0. The number of carbonyl (C=O) groups is 1. The maximum atomic E-state index is 12.8. The van der Waals surface area contributed by atoms with E-state index in [-0.39, 0.29) is 12.4 Å². The predicted molar refractivity (Wildman–Crippen MR) is 115 cm³/mol. The van der Waals surface area contributed by atoms with Gasteiger partial charge >= 0.3 is 0 Å². The maximum Gasteiger partial charge on any atom is 0.240 e. The molecular formula is C22H37ClN4O2. The predicted octanol–water partition coefficient (Wildman–Crippen LogP) is 4.23. The number of aryl methyl sites for hydroxylation is 1. The monoisotopic (exact) mass is 424 g/mol. The normalized spacial score (nSPS) is 24.2. The molecule has 164 valence electrons. The van der Waals surface area contributed by atoms with Crippen LogP contribution in [0.15, 0.2) is 4.52 Å². The molecule has 1 atom stereocenters. The molecule has 2 aliphatic heterocycles. The van der Waals surface area contributed by atoms with E-state index in [1.807, 2.05) is 0 Å². The van der Waals surface area contributed by atoms with Gasteiger partial charge in [-0.1, -0.05) is 31.3 Å². The van der Waals surface area contributed by atoms with Crippen LogP contribution in [0.25, 0.3) is 0 Å². The number of rotatable bonds is 7. The Morgan fingerprint density at radius 2 is 1.86 bits per heavy atom. The molecule has 2 saturated heterocycles. The Morgan fingerprint density at radius 1 is 1.07 bits per heavy atom. The molecule has 0 N–H and O–H groups in total. The van der Waals surface area contributed by atoms with E-state index in [4.69, 9.17) is 4.52 Å². The van der Waals surface area contributed by atoms with Crippen molar-refractivity contribution >= 4 is 18.3 Å². The Morgan fingerprint density at radius 3 is 2.59 bits per heavy atom. The molecule has 7 heteroatoms. The van der Waals surface area contributed by atoms with E-state index in [9.17, 15) is 4.79 Å². The Balaban J connectivity index is 0.00000240. The second kappa shape index (κ2) is 10.8. The number of likely N-dealkylation sites (tertiary alicyclic amines) is 2. The number of carbonyl (C=O) groups excluding carboxylic acids is 1. The summed E-state index contributed by atoms with van der Waals surface area (Å²) in [4.78, 5) is 22.1. The van der Waals surface area contributed by atoms with Gasteiger partial charge in [0, 0.05) is 24.9 Å². The number of nitrogens with zero attached hydrogens (tertiary/aromatic N) is 4. The van der Waals surface area contributed by atoms with Crippen molar-refractivity contribution in [2.24, 2.45) is 11.8 Å². The summed E-state index contributed by atoms with van der Waals surface area (Å²) in [5.74, 6) is 3.06. The van der Waals surface area contributed by atoms with Crippen molar-refractivity contribution in [3.63, 3.8) is 0 Å². The molecule has 1 unspecified atom stereocenters. The SMILES string of the molecule is CCCCc1noc(CN2CCC(C3CCCCCN3C(=O)C3CC3)CC2)n1.Cl. The van der Waals surface area contributed by atoms with Gasteiger partial charge in [-0.05, 0) is 64.0 Å². The molecule has 1 amide bonds. The minimum atomic E-state index is 0. The third-order valence-corrected chi connectivity index (χ3v) is 6.81. The molecule has 6 nitrogen and oxygen atoms in total. The molecule has 1 aromatic heterocycles. The Labute approximate surface area is 181 Å².